The molecule has 0 radical (unpaired) electrons. The van der Waals surface area contributed by atoms with Crippen molar-refractivity contribution in [1.29, 1.82) is 0 Å². The van der Waals surface area contributed by atoms with E-state index in [4.69, 9.17) is 16.6 Å². The second kappa shape index (κ2) is 6.02. The van der Waals surface area contributed by atoms with E-state index >= 15 is 0 Å². The summed E-state index contributed by atoms with van der Waals surface area (Å²) < 4.78 is 0. The SMILES string of the molecule is CCO.NC(=O)c1ccc(N)cc1. The van der Waals surface area contributed by atoms with Crippen molar-refractivity contribution in [2.45, 2.75) is 6.92 Å². The van der Waals surface area contributed by atoms with Gasteiger partial charge in [-0.1, -0.05) is 0 Å². The molecule has 4 heteroatoms. The molecule has 0 spiro atoms. The number of anilines is 1. The number of carbonyl (C=O) groups is 1. The Morgan fingerprint density at radius 2 is 1.77 bits per heavy atom. The highest BCUT2D eigenvalue weighted by atomic mass is 16.2. The fraction of sp³-hybridized carbons (Fsp3) is 0.222. The van der Waals surface area contributed by atoms with Gasteiger partial charge in [-0.05, 0) is 31.2 Å². The molecule has 0 bridgehead atoms. The van der Waals surface area contributed by atoms with Crippen molar-refractivity contribution in [3.8, 4) is 0 Å². The molecular formula is C9H14N2O2. The van der Waals surface area contributed by atoms with E-state index in [2.05, 4.69) is 0 Å². The van der Waals surface area contributed by atoms with Crippen molar-refractivity contribution in [3.05, 3.63) is 29.8 Å². The normalized spacial score (nSPS) is 8.46. The molecule has 4 nitrogen and oxygen atoms in total. The van der Waals surface area contributed by atoms with E-state index in [1.165, 1.54) is 0 Å². The molecule has 0 heterocycles. The molecule has 0 atom stereocenters. The van der Waals surface area contributed by atoms with Crippen LogP contribution in [0.5, 0.6) is 0 Å². The van der Waals surface area contributed by atoms with E-state index < -0.39 is 5.91 Å². The minimum atomic E-state index is -0.431. The third-order valence-electron chi connectivity index (χ3n) is 1.20. The van der Waals surface area contributed by atoms with E-state index in [9.17, 15) is 4.79 Å². The van der Waals surface area contributed by atoms with Gasteiger partial charge in [-0.3, -0.25) is 4.79 Å². The maximum absolute atomic E-state index is 10.5. The van der Waals surface area contributed by atoms with Gasteiger partial charge in [0.15, 0.2) is 0 Å². The molecule has 0 saturated carbocycles. The topological polar surface area (TPSA) is 89.3 Å². The fourth-order valence-electron chi connectivity index (χ4n) is 0.647. The average Bonchev–Trinajstić information content (AvgIpc) is 2.06. The number of nitrogen functional groups attached to an aromatic ring is 1. The van der Waals surface area contributed by atoms with Crippen LogP contribution in [-0.4, -0.2) is 17.6 Å². The first-order chi connectivity index (χ1) is 6.11. The van der Waals surface area contributed by atoms with Crippen LogP contribution in [0.3, 0.4) is 0 Å². The number of primary amides is 1. The Morgan fingerprint density at radius 3 is 2.08 bits per heavy atom. The lowest BCUT2D eigenvalue weighted by atomic mass is 10.2. The molecule has 0 aromatic heterocycles. The first kappa shape index (κ1) is 11.4. The zero-order valence-corrected chi connectivity index (χ0v) is 7.53. The van der Waals surface area contributed by atoms with Crippen LogP contribution in [0.2, 0.25) is 0 Å². The zero-order chi connectivity index (χ0) is 10.3. The number of carbonyl (C=O) groups excluding carboxylic acids is 1. The highest BCUT2D eigenvalue weighted by Crippen LogP contribution is 2.03. The number of benzene rings is 1. The molecule has 0 fully saturated rings. The zero-order valence-electron chi connectivity index (χ0n) is 7.53. The maximum Gasteiger partial charge on any atom is 0.248 e. The third-order valence-corrected chi connectivity index (χ3v) is 1.20. The molecule has 0 aliphatic heterocycles. The maximum atomic E-state index is 10.5. The molecule has 0 unspecified atom stereocenters. The Kier molecular flexibility index (Phi) is 5.30. The van der Waals surface area contributed by atoms with Crippen LogP contribution in [0, 0.1) is 0 Å². The van der Waals surface area contributed by atoms with Crippen molar-refractivity contribution >= 4 is 11.6 Å². The first-order valence-corrected chi connectivity index (χ1v) is 3.88. The van der Waals surface area contributed by atoms with Crippen LogP contribution in [0.1, 0.15) is 17.3 Å². The van der Waals surface area contributed by atoms with Crippen LogP contribution in [-0.2, 0) is 0 Å². The van der Waals surface area contributed by atoms with Crippen molar-refractivity contribution in [2.75, 3.05) is 12.3 Å². The first-order valence-electron chi connectivity index (χ1n) is 3.88. The number of amides is 1. The molecule has 0 saturated heterocycles. The summed E-state index contributed by atoms with van der Waals surface area (Å²) in [5.41, 5.74) is 11.5. The lowest BCUT2D eigenvalue weighted by Gasteiger charge is -1.93. The molecule has 1 amide bonds. The molecule has 1 aromatic rings. The number of rotatable bonds is 1. The van der Waals surface area contributed by atoms with Gasteiger partial charge in [-0.15, -0.1) is 0 Å². The molecular weight excluding hydrogens is 168 g/mol. The quantitative estimate of drug-likeness (QED) is 0.548. The van der Waals surface area contributed by atoms with Crippen LogP contribution < -0.4 is 11.5 Å². The Balaban J connectivity index is 0.000000424. The number of aliphatic hydroxyl groups is 1. The van der Waals surface area contributed by atoms with E-state index in [0.29, 0.717) is 11.3 Å². The van der Waals surface area contributed by atoms with Gasteiger partial charge in [-0.2, -0.15) is 0 Å². The van der Waals surface area contributed by atoms with Crippen molar-refractivity contribution in [3.63, 3.8) is 0 Å². The second-order valence-electron chi connectivity index (χ2n) is 2.30. The molecule has 13 heavy (non-hydrogen) atoms. The summed E-state index contributed by atoms with van der Waals surface area (Å²) in [6.07, 6.45) is 0. The van der Waals surface area contributed by atoms with E-state index in [0.717, 1.165) is 0 Å². The van der Waals surface area contributed by atoms with Crippen LogP contribution in [0.4, 0.5) is 5.69 Å². The van der Waals surface area contributed by atoms with Gasteiger partial charge in [0.1, 0.15) is 0 Å². The lowest BCUT2D eigenvalue weighted by molar-refractivity contribution is 0.100. The number of hydrogen-bond donors (Lipinski definition) is 3. The van der Waals surface area contributed by atoms with Gasteiger partial charge < -0.3 is 16.6 Å². The van der Waals surface area contributed by atoms with E-state index in [1.54, 1.807) is 31.2 Å². The van der Waals surface area contributed by atoms with Crippen molar-refractivity contribution in [2.24, 2.45) is 5.73 Å². The highest BCUT2D eigenvalue weighted by Gasteiger charge is 1.96. The predicted octanol–water partition coefficient (Wildman–Crippen LogP) is 0.366. The van der Waals surface area contributed by atoms with Gasteiger partial charge in [0.05, 0.1) is 0 Å². The summed E-state index contributed by atoms with van der Waals surface area (Å²) in [7, 11) is 0. The van der Waals surface area contributed by atoms with Gasteiger partial charge in [0, 0.05) is 17.9 Å². The minimum absolute atomic E-state index is 0.250. The summed E-state index contributed by atoms with van der Waals surface area (Å²) in [5, 5.41) is 7.57. The summed E-state index contributed by atoms with van der Waals surface area (Å²) in [6.45, 7) is 1.93. The minimum Gasteiger partial charge on any atom is -0.399 e. The summed E-state index contributed by atoms with van der Waals surface area (Å²) in [4.78, 5) is 10.5. The molecule has 1 rings (SSSR count). The molecule has 0 aliphatic carbocycles. The standard InChI is InChI=1S/C7H8N2O.C2H6O/c8-6-3-1-5(2-4-6)7(9)10;1-2-3/h1-4H,8H2,(H2,9,10);3H,2H2,1H3. The number of hydrogen-bond acceptors (Lipinski definition) is 3. The van der Waals surface area contributed by atoms with Crippen LogP contribution >= 0.6 is 0 Å². The fourth-order valence-corrected chi connectivity index (χ4v) is 0.647. The summed E-state index contributed by atoms with van der Waals surface area (Å²) in [5.74, 6) is -0.431. The number of aliphatic hydroxyl groups excluding tert-OH is 1. The average molecular weight is 182 g/mol. The summed E-state index contributed by atoms with van der Waals surface area (Å²) >= 11 is 0. The van der Waals surface area contributed by atoms with Gasteiger partial charge in [0.25, 0.3) is 0 Å². The third kappa shape index (κ3) is 4.81. The smallest absolute Gasteiger partial charge is 0.248 e. The number of nitrogens with two attached hydrogens (primary N) is 2. The Morgan fingerprint density at radius 1 is 1.38 bits per heavy atom. The monoisotopic (exact) mass is 182 g/mol. The predicted molar refractivity (Wildman–Crippen MR) is 52.1 cm³/mol. The van der Waals surface area contributed by atoms with Gasteiger partial charge in [0.2, 0.25) is 5.91 Å². The largest absolute Gasteiger partial charge is 0.399 e. The van der Waals surface area contributed by atoms with E-state index in [1.807, 2.05) is 0 Å². The molecule has 1 aromatic carbocycles. The van der Waals surface area contributed by atoms with Crippen LogP contribution in [0.15, 0.2) is 24.3 Å². The van der Waals surface area contributed by atoms with E-state index in [-0.39, 0.29) is 6.61 Å². The Hall–Kier alpha value is -1.55. The molecule has 5 N–H and O–H groups in total. The summed E-state index contributed by atoms with van der Waals surface area (Å²) in [6, 6.07) is 6.47. The van der Waals surface area contributed by atoms with Crippen LogP contribution in [0.25, 0.3) is 0 Å². The van der Waals surface area contributed by atoms with Crippen molar-refractivity contribution < 1.29 is 9.90 Å². The Bertz CT molecular complexity index is 257. The molecule has 0 aliphatic rings. The van der Waals surface area contributed by atoms with Gasteiger partial charge in [-0.25, -0.2) is 0 Å². The lowest BCUT2D eigenvalue weighted by Crippen LogP contribution is -2.10. The Labute approximate surface area is 77.2 Å². The molecule has 72 valence electrons. The van der Waals surface area contributed by atoms with Crippen molar-refractivity contribution in [1.82, 2.24) is 0 Å². The van der Waals surface area contributed by atoms with Gasteiger partial charge >= 0.3 is 0 Å². The second-order valence-corrected chi connectivity index (χ2v) is 2.30. The highest BCUT2D eigenvalue weighted by molar-refractivity contribution is 5.92.